The molecule has 2 aromatic heterocycles. The summed E-state index contributed by atoms with van der Waals surface area (Å²) >= 11 is 1.53. The van der Waals surface area contributed by atoms with Crippen LogP contribution in [0.3, 0.4) is 0 Å². The fourth-order valence-corrected chi connectivity index (χ4v) is 5.48. The van der Waals surface area contributed by atoms with Gasteiger partial charge in [0.2, 0.25) is 0 Å². The first-order chi connectivity index (χ1) is 16.2. The Hall–Kier alpha value is -3.19. The highest BCUT2D eigenvalue weighted by Gasteiger charge is 2.33. The van der Waals surface area contributed by atoms with E-state index >= 15 is 0 Å². The van der Waals surface area contributed by atoms with Gasteiger partial charge in [-0.25, -0.2) is 19.3 Å². The zero-order chi connectivity index (χ0) is 22.4. The molecule has 0 saturated heterocycles. The van der Waals surface area contributed by atoms with Crippen molar-refractivity contribution in [2.45, 2.75) is 30.5 Å². The van der Waals surface area contributed by atoms with E-state index in [-0.39, 0.29) is 5.82 Å². The molecular formula is C26H24FN5S. The lowest BCUT2D eigenvalue weighted by atomic mass is 10.1. The van der Waals surface area contributed by atoms with E-state index in [1.807, 2.05) is 18.5 Å². The van der Waals surface area contributed by atoms with Crippen molar-refractivity contribution >= 4 is 17.4 Å². The monoisotopic (exact) mass is 457 g/mol. The smallest absolute Gasteiger partial charge is 0.187 e. The minimum absolute atomic E-state index is 0.246. The zero-order valence-electron chi connectivity index (χ0n) is 18.4. The van der Waals surface area contributed by atoms with E-state index in [4.69, 9.17) is 9.97 Å². The second-order valence-electron chi connectivity index (χ2n) is 8.55. The summed E-state index contributed by atoms with van der Waals surface area (Å²) in [5, 5.41) is 0.733. The fraction of sp³-hybridized carbons (Fsp3) is 0.269. The number of aromatic nitrogens is 4. The molecule has 0 spiro atoms. The summed E-state index contributed by atoms with van der Waals surface area (Å²) in [6, 6.07) is 17.6. The van der Waals surface area contributed by atoms with Crippen LogP contribution in [-0.4, -0.2) is 38.9 Å². The number of para-hydroxylation sites is 1. The third-order valence-corrected chi connectivity index (χ3v) is 7.20. The van der Waals surface area contributed by atoms with Gasteiger partial charge in [-0.3, -0.25) is 0 Å². The summed E-state index contributed by atoms with van der Waals surface area (Å²) in [5.41, 5.74) is 6.41. The van der Waals surface area contributed by atoms with Crippen LogP contribution < -0.4 is 4.90 Å². The van der Waals surface area contributed by atoms with Gasteiger partial charge in [0.05, 0.1) is 23.1 Å². The maximum absolute atomic E-state index is 13.6. The summed E-state index contributed by atoms with van der Waals surface area (Å²) in [7, 11) is 0. The summed E-state index contributed by atoms with van der Waals surface area (Å²) in [4.78, 5) is 16.7. The average Bonchev–Trinajstić information content (AvgIpc) is 3.54. The first-order valence-electron chi connectivity index (χ1n) is 11.3. The van der Waals surface area contributed by atoms with Crippen LogP contribution in [0.15, 0.2) is 66.0 Å². The van der Waals surface area contributed by atoms with Crippen molar-refractivity contribution in [3.8, 4) is 22.6 Å². The van der Waals surface area contributed by atoms with E-state index in [1.54, 1.807) is 12.1 Å². The molecule has 0 saturated carbocycles. The van der Waals surface area contributed by atoms with Crippen molar-refractivity contribution in [2.24, 2.45) is 0 Å². The molecule has 4 heterocycles. The van der Waals surface area contributed by atoms with Crippen LogP contribution in [0.1, 0.15) is 23.9 Å². The Morgan fingerprint density at radius 2 is 1.88 bits per heavy atom. The number of nitrogens with zero attached hydrogens (tertiary/aromatic N) is 5. The molecule has 5 nitrogen and oxygen atoms in total. The topological polar surface area (TPSA) is 46.8 Å². The molecular weight excluding hydrogens is 433 g/mol. The van der Waals surface area contributed by atoms with Crippen LogP contribution in [0, 0.1) is 5.82 Å². The lowest BCUT2D eigenvalue weighted by molar-refractivity contribution is 0.523. The third kappa shape index (κ3) is 3.60. The van der Waals surface area contributed by atoms with Crippen molar-refractivity contribution in [1.82, 2.24) is 19.5 Å². The van der Waals surface area contributed by atoms with E-state index in [0.29, 0.717) is 6.04 Å². The number of benzene rings is 2. The van der Waals surface area contributed by atoms with E-state index in [9.17, 15) is 4.39 Å². The maximum Gasteiger partial charge on any atom is 0.187 e. The van der Waals surface area contributed by atoms with Gasteiger partial charge in [-0.15, -0.1) is 0 Å². The van der Waals surface area contributed by atoms with Crippen LogP contribution in [0.4, 0.5) is 10.1 Å². The summed E-state index contributed by atoms with van der Waals surface area (Å²) in [6.07, 6.45) is 6.86. The number of aryl methyl sites for hydroxylation is 1. The molecule has 1 atom stereocenters. The van der Waals surface area contributed by atoms with Gasteiger partial charge in [0.1, 0.15) is 11.6 Å². The molecule has 0 N–H and O–H groups in total. The Balaban J connectivity index is 1.45. The largest absolute Gasteiger partial charge is 0.369 e. The molecule has 166 valence electrons. The van der Waals surface area contributed by atoms with Gasteiger partial charge >= 0.3 is 0 Å². The predicted octanol–water partition coefficient (Wildman–Crippen LogP) is 5.42. The zero-order valence-corrected chi connectivity index (χ0v) is 19.2. The van der Waals surface area contributed by atoms with Crippen LogP contribution in [0.25, 0.3) is 22.6 Å². The minimum atomic E-state index is -0.246. The fourth-order valence-electron chi connectivity index (χ4n) is 5.12. The highest BCUT2D eigenvalue weighted by Crippen LogP contribution is 2.40. The maximum atomic E-state index is 13.6. The molecule has 0 radical (unpaired) electrons. The first kappa shape index (κ1) is 20.4. The molecule has 0 fully saturated rings. The molecule has 0 amide bonds. The van der Waals surface area contributed by atoms with E-state index in [2.05, 4.69) is 38.7 Å². The molecule has 0 bridgehead atoms. The van der Waals surface area contributed by atoms with Crippen LogP contribution in [0.5, 0.6) is 0 Å². The summed E-state index contributed by atoms with van der Waals surface area (Å²) in [5.74, 6) is 0.829. The van der Waals surface area contributed by atoms with Gasteiger partial charge in [-0.05, 0) is 61.1 Å². The Morgan fingerprint density at radius 3 is 2.73 bits per heavy atom. The number of rotatable bonds is 5. The molecule has 2 aliphatic rings. The van der Waals surface area contributed by atoms with Crippen LogP contribution in [-0.2, 0) is 12.8 Å². The average molecular weight is 458 g/mol. The highest BCUT2D eigenvalue weighted by molar-refractivity contribution is 7.98. The molecule has 1 unspecified atom stereocenters. The summed E-state index contributed by atoms with van der Waals surface area (Å²) in [6.45, 7) is 1.99. The number of thioether (sulfide) groups is 1. The van der Waals surface area contributed by atoms with E-state index in [0.717, 1.165) is 66.0 Å². The number of anilines is 1. The van der Waals surface area contributed by atoms with Crippen molar-refractivity contribution in [3.63, 3.8) is 0 Å². The van der Waals surface area contributed by atoms with Crippen molar-refractivity contribution in [1.29, 1.82) is 0 Å². The summed E-state index contributed by atoms with van der Waals surface area (Å²) < 4.78 is 16.0. The van der Waals surface area contributed by atoms with Gasteiger partial charge in [-0.2, -0.15) is 0 Å². The molecule has 4 aromatic rings. The van der Waals surface area contributed by atoms with Gasteiger partial charge in [-0.1, -0.05) is 30.0 Å². The number of hydrogen-bond donors (Lipinski definition) is 0. The number of hydrogen-bond acceptors (Lipinski definition) is 5. The van der Waals surface area contributed by atoms with Crippen LogP contribution >= 0.6 is 11.8 Å². The van der Waals surface area contributed by atoms with Gasteiger partial charge < -0.3 is 9.47 Å². The van der Waals surface area contributed by atoms with Crippen LogP contribution in [0.2, 0.25) is 0 Å². The highest BCUT2D eigenvalue weighted by atomic mass is 32.2. The third-order valence-electron chi connectivity index (χ3n) is 6.64. The molecule has 2 aromatic carbocycles. The van der Waals surface area contributed by atoms with Gasteiger partial charge in [0.25, 0.3) is 0 Å². The van der Waals surface area contributed by atoms with Crippen molar-refractivity contribution in [2.75, 3.05) is 24.2 Å². The van der Waals surface area contributed by atoms with E-state index in [1.165, 1.54) is 35.1 Å². The molecule has 6 rings (SSSR count). The normalized spacial score (nSPS) is 16.8. The van der Waals surface area contributed by atoms with Crippen molar-refractivity contribution < 1.29 is 4.39 Å². The SMILES string of the molecule is CSc1nccc(-c2c(-c3ccc(F)cc3)nc3n2C(CN2CCc4ccccc42)CC3)n1. The molecule has 33 heavy (non-hydrogen) atoms. The van der Waals surface area contributed by atoms with E-state index < -0.39 is 0 Å². The van der Waals surface area contributed by atoms with Gasteiger partial charge in [0.15, 0.2) is 5.16 Å². The lowest BCUT2D eigenvalue weighted by Gasteiger charge is -2.26. The minimum Gasteiger partial charge on any atom is -0.369 e. The second kappa shape index (κ2) is 8.30. The Morgan fingerprint density at radius 1 is 1.03 bits per heavy atom. The standard InChI is InChI=1S/C26H24FN5S/c1-33-26-28-14-12-21(29-26)25-24(18-6-8-19(27)9-7-18)30-23-11-10-20(32(23)25)16-31-15-13-17-4-2-3-5-22(17)31/h2-9,12,14,20H,10-11,13,15-16H2,1H3. The Bertz CT molecular complexity index is 1320. The molecule has 0 aliphatic carbocycles. The quantitative estimate of drug-likeness (QED) is 0.296. The number of imidazole rings is 1. The number of fused-ring (bicyclic) bond motifs is 2. The predicted molar refractivity (Wildman–Crippen MR) is 130 cm³/mol. The van der Waals surface area contributed by atoms with Crippen molar-refractivity contribution in [3.05, 3.63) is 78.0 Å². The Labute approximate surface area is 196 Å². The number of halogens is 1. The lowest BCUT2D eigenvalue weighted by Crippen LogP contribution is -2.28. The second-order valence-corrected chi connectivity index (χ2v) is 9.32. The molecule has 2 aliphatic heterocycles. The first-order valence-corrected chi connectivity index (χ1v) is 12.5. The Kier molecular flexibility index (Phi) is 5.14. The molecule has 7 heteroatoms. The van der Waals surface area contributed by atoms with Gasteiger partial charge in [0, 0.05) is 37.0 Å².